The summed E-state index contributed by atoms with van der Waals surface area (Å²) in [5.74, 6) is -2.83. The van der Waals surface area contributed by atoms with E-state index in [0.29, 0.717) is 28.7 Å². The van der Waals surface area contributed by atoms with Crippen molar-refractivity contribution in [3.63, 3.8) is 0 Å². The van der Waals surface area contributed by atoms with Crippen LogP contribution in [-0.4, -0.2) is 21.6 Å². The van der Waals surface area contributed by atoms with Crippen LogP contribution in [0.1, 0.15) is 18.0 Å². The largest absolute Gasteiger partial charge is 0.322 e. The molecule has 1 atom stereocenters. The minimum atomic E-state index is -1.03. The van der Waals surface area contributed by atoms with Crippen molar-refractivity contribution in [2.45, 2.75) is 19.4 Å². The Bertz CT molecular complexity index is 1130. The molecule has 1 unspecified atom stereocenters. The van der Waals surface area contributed by atoms with Crippen molar-refractivity contribution >= 4 is 23.3 Å². The van der Waals surface area contributed by atoms with Crippen molar-refractivity contribution in [3.8, 4) is 11.3 Å². The summed E-state index contributed by atoms with van der Waals surface area (Å²) < 4.78 is 41.5. The van der Waals surface area contributed by atoms with E-state index in [-0.39, 0.29) is 12.1 Å². The van der Waals surface area contributed by atoms with Crippen LogP contribution in [0, 0.1) is 24.4 Å². The minimum absolute atomic E-state index is 0.202. The summed E-state index contributed by atoms with van der Waals surface area (Å²) in [5.41, 5.74) is 1.50. The molecule has 2 aromatic carbocycles. The van der Waals surface area contributed by atoms with Gasteiger partial charge in [-0.05, 0) is 43.3 Å². The quantitative estimate of drug-likeness (QED) is 0.702. The van der Waals surface area contributed by atoms with Gasteiger partial charge in [0, 0.05) is 17.2 Å². The molecule has 0 radical (unpaired) electrons. The van der Waals surface area contributed by atoms with E-state index in [1.807, 2.05) is 0 Å². The van der Waals surface area contributed by atoms with Crippen molar-refractivity contribution < 1.29 is 22.8 Å². The maximum absolute atomic E-state index is 13.9. The summed E-state index contributed by atoms with van der Waals surface area (Å²) in [7, 11) is 0. The van der Waals surface area contributed by atoms with Crippen molar-refractivity contribution in [2.24, 2.45) is 0 Å². The van der Waals surface area contributed by atoms with Crippen molar-refractivity contribution in [3.05, 3.63) is 65.5 Å². The predicted octanol–water partition coefficient (Wildman–Crippen LogP) is 3.80. The Morgan fingerprint density at radius 1 is 1.14 bits per heavy atom. The van der Waals surface area contributed by atoms with Gasteiger partial charge in [0.25, 0.3) is 0 Å². The van der Waals surface area contributed by atoms with Crippen molar-refractivity contribution in [1.82, 2.24) is 9.78 Å². The number of fused-ring (bicyclic) bond motifs is 1. The number of hydrogen-bond acceptors (Lipinski definition) is 3. The molecule has 0 aliphatic carbocycles. The average Bonchev–Trinajstić information content (AvgIpc) is 3.00. The van der Waals surface area contributed by atoms with E-state index in [1.165, 1.54) is 16.8 Å². The second kappa shape index (κ2) is 7.08. The first-order valence-electron chi connectivity index (χ1n) is 8.74. The number of carbonyl (C=O) groups excluding carboxylic acids is 2. The molecular formula is C20H15F3N4O2. The molecule has 1 aliphatic heterocycles. The number of carbonyl (C=O) groups is 2. The first-order valence-corrected chi connectivity index (χ1v) is 8.74. The van der Waals surface area contributed by atoms with Gasteiger partial charge < -0.3 is 10.6 Å². The second-order valence-corrected chi connectivity index (χ2v) is 6.66. The van der Waals surface area contributed by atoms with E-state index in [4.69, 9.17) is 0 Å². The molecule has 1 aliphatic rings. The fourth-order valence-corrected chi connectivity index (χ4v) is 3.23. The summed E-state index contributed by atoms with van der Waals surface area (Å²) in [4.78, 5) is 24.9. The predicted molar refractivity (Wildman–Crippen MR) is 99.6 cm³/mol. The lowest BCUT2D eigenvalue weighted by Crippen LogP contribution is -2.36. The topological polar surface area (TPSA) is 76.0 Å². The van der Waals surface area contributed by atoms with Gasteiger partial charge in [0.05, 0.1) is 17.8 Å². The maximum atomic E-state index is 13.9. The van der Waals surface area contributed by atoms with Crippen LogP contribution in [0.3, 0.4) is 0 Å². The molecule has 9 heteroatoms. The van der Waals surface area contributed by atoms with Crippen molar-refractivity contribution in [1.29, 1.82) is 0 Å². The fraction of sp³-hybridized carbons (Fsp3) is 0.150. The standard InChI is InChI=1S/C20H15F3N4O2/c1-10-18(11-2-4-12(21)5-3-11)26-27-16(9-17(28)25-19(10)27)20(29)24-15-7-6-13(22)8-14(15)23/h2-8,16H,9H2,1H3,(H,24,29)(H,25,28). The zero-order valence-corrected chi connectivity index (χ0v) is 15.2. The molecule has 2 amide bonds. The third-order valence-corrected chi connectivity index (χ3v) is 4.69. The van der Waals surface area contributed by atoms with Crippen LogP contribution in [-0.2, 0) is 9.59 Å². The monoisotopic (exact) mass is 400 g/mol. The first kappa shape index (κ1) is 18.7. The molecule has 6 nitrogen and oxygen atoms in total. The molecule has 0 spiro atoms. The number of anilines is 2. The molecular weight excluding hydrogens is 385 g/mol. The minimum Gasteiger partial charge on any atom is -0.322 e. The number of benzene rings is 2. The Balaban J connectivity index is 1.70. The van der Waals surface area contributed by atoms with Gasteiger partial charge in [0.1, 0.15) is 29.3 Å². The van der Waals surface area contributed by atoms with Gasteiger partial charge >= 0.3 is 0 Å². The van der Waals surface area contributed by atoms with Crippen LogP contribution in [0.15, 0.2) is 42.5 Å². The van der Waals surface area contributed by atoms with E-state index >= 15 is 0 Å². The highest BCUT2D eigenvalue weighted by molar-refractivity contribution is 6.02. The molecule has 0 saturated heterocycles. The van der Waals surface area contributed by atoms with Gasteiger partial charge in [0.2, 0.25) is 11.8 Å². The Morgan fingerprint density at radius 3 is 2.52 bits per heavy atom. The maximum Gasteiger partial charge on any atom is 0.249 e. The highest BCUT2D eigenvalue weighted by atomic mass is 19.1. The van der Waals surface area contributed by atoms with Crippen LogP contribution in [0.25, 0.3) is 11.3 Å². The summed E-state index contributed by atoms with van der Waals surface area (Å²) >= 11 is 0. The van der Waals surface area contributed by atoms with E-state index in [1.54, 1.807) is 19.1 Å². The van der Waals surface area contributed by atoms with E-state index in [9.17, 15) is 22.8 Å². The summed E-state index contributed by atoms with van der Waals surface area (Å²) in [6.45, 7) is 1.72. The number of halogens is 3. The molecule has 2 heterocycles. The zero-order chi connectivity index (χ0) is 20.7. The number of amides is 2. The summed E-state index contributed by atoms with van der Waals surface area (Å²) in [5, 5.41) is 9.48. The summed E-state index contributed by atoms with van der Waals surface area (Å²) in [6.07, 6.45) is -0.203. The van der Waals surface area contributed by atoms with Gasteiger partial charge in [-0.3, -0.25) is 9.59 Å². The van der Waals surface area contributed by atoms with Gasteiger partial charge in [-0.2, -0.15) is 5.10 Å². The third kappa shape index (κ3) is 3.46. The zero-order valence-electron chi connectivity index (χ0n) is 15.2. The first-order chi connectivity index (χ1) is 13.8. The Labute approximate surface area is 163 Å². The van der Waals surface area contributed by atoms with Crippen LogP contribution in [0.4, 0.5) is 24.7 Å². The summed E-state index contributed by atoms with van der Waals surface area (Å²) in [6, 6.07) is 7.39. The fourth-order valence-electron chi connectivity index (χ4n) is 3.23. The lowest BCUT2D eigenvalue weighted by molar-refractivity contribution is -0.125. The molecule has 29 heavy (non-hydrogen) atoms. The lowest BCUT2D eigenvalue weighted by Gasteiger charge is -2.24. The molecule has 0 fully saturated rings. The second-order valence-electron chi connectivity index (χ2n) is 6.66. The highest BCUT2D eigenvalue weighted by Gasteiger charge is 2.34. The van der Waals surface area contributed by atoms with Crippen LogP contribution < -0.4 is 10.6 Å². The van der Waals surface area contributed by atoms with E-state index < -0.39 is 35.3 Å². The van der Waals surface area contributed by atoms with Gasteiger partial charge in [-0.1, -0.05) is 0 Å². The SMILES string of the molecule is Cc1c(-c2ccc(F)cc2)nn2c1NC(=O)CC2C(=O)Nc1ccc(F)cc1F. The Morgan fingerprint density at radius 2 is 1.83 bits per heavy atom. The molecule has 4 rings (SSSR count). The van der Waals surface area contributed by atoms with E-state index in [0.717, 1.165) is 12.1 Å². The average molecular weight is 400 g/mol. The number of aromatic nitrogens is 2. The normalized spacial score (nSPS) is 15.6. The van der Waals surface area contributed by atoms with Crippen LogP contribution in [0.2, 0.25) is 0 Å². The smallest absolute Gasteiger partial charge is 0.249 e. The Hall–Kier alpha value is -3.62. The Kier molecular flexibility index (Phi) is 4.57. The number of hydrogen-bond donors (Lipinski definition) is 2. The molecule has 1 aromatic heterocycles. The molecule has 0 saturated carbocycles. The lowest BCUT2D eigenvalue weighted by atomic mass is 10.1. The van der Waals surface area contributed by atoms with Gasteiger partial charge in [-0.25, -0.2) is 17.9 Å². The number of nitrogens with one attached hydrogen (secondary N) is 2. The van der Waals surface area contributed by atoms with E-state index in [2.05, 4.69) is 15.7 Å². The van der Waals surface area contributed by atoms with Gasteiger partial charge in [0.15, 0.2) is 0 Å². The molecule has 148 valence electrons. The molecule has 3 aromatic rings. The number of nitrogens with zero attached hydrogens (tertiary/aromatic N) is 2. The van der Waals surface area contributed by atoms with Gasteiger partial charge in [-0.15, -0.1) is 0 Å². The highest BCUT2D eigenvalue weighted by Crippen LogP contribution is 2.34. The molecule has 2 N–H and O–H groups in total. The molecule has 0 bridgehead atoms. The third-order valence-electron chi connectivity index (χ3n) is 4.69. The van der Waals surface area contributed by atoms with Crippen molar-refractivity contribution in [2.75, 3.05) is 10.6 Å². The van der Waals surface area contributed by atoms with Crippen LogP contribution in [0.5, 0.6) is 0 Å². The number of rotatable bonds is 3. The van der Waals surface area contributed by atoms with Crippen LogP contribution >= 0.6 is 0 Å².